The molecule has 1 unspecified atom stereocenters. The molecule has 0 radical (unpaired) electrons. The molecule has 0 amide bonds. The molecule has 1 heterocycles. The minimum Gasteiger partial charge on any atom is -0.316 e. The van der Waals surface area contributed by atoms with Crippen molar-refractivity contribution in [1.82, 2.24) is 0 Å². The highest BCUT2D eigenvalue weighted by molar-refractivity contribution is 4.70. The van der Waals surface area contributed by atoms with Crippen molar-refractivity contribution in [2.75, 3.05) is 20.6 Å². The lowest BCUT2D eigenvalue weighted by atomic mass is 10.0. The molecule has 1 atom stereocenters. The van der Waals surface area contributed by atoms with Crippen LogP contribution in [0.2, 0.25) is 0 Å². The normalized spacial score (nSPS) is 21.2. The van der Waals surface area contributed by atoms with Crippen molar-refractivity contribution in [2.24, 2.45) is 0 Å². The van der Waals surface area contributed by atoms with Gasteiger partial charge in [0.15, 0.2) is 0 Å². The van der Waals surface area contributed by atoms with E-state index < -0.39 is 0 Å². The van der Waals surface area contributed by atoms with Gasteiger partial charge in [-0.05, 0) is 6.42 Å². The zero-order valence-electron chi connectivity index (χ0n) is 13.2. The number of quaternary nitrogens is 1. The molecule has 108 valence electrons. The van der Waals surface area contributed by atoms with Crippen molar-refractivity contribution in [3.63, 3.8) is 0 Å². The molecular weight excluding hydrogens is 218 g/mol. The minimum atomic E-state index is 1.00. The molecule has 0 saturated carbocycles. The van der Waals surface area contributed by atoms with E-state index >= 15 is 0 Å². The number of rotatable bonds is 12. The van der Waals surface area contributed by atoms with Crippen molar-refractivity contribution in [3.8, 4) is 0 Å². The highest BCUT2D eigenvalue weighted by Crippen LogP contribution is 2.29. The summed E-state index contributed by atoms with van der Waals surface area (Å²) in [5, 5.41) is 0. The summed E-state index contributed by atoms with van der Waals surface area (Å²) in [6.45, 7) is 3.72. The van der Waals surface area contributed by atoms with E-state index in [1.54, 1.807) is 0 Å². The van der Waals surface area contributed by atoms with Gasteiger partial charge in [0.2, 0.25) is 0 Å². The second-order valence-electron chi connectivity index (χ2n) is 6.94. The van der Waals surface area contributed by atoms with Crippen LogP contribution >= 0.6 is 0 Å². The molecule has 1 nitrogen and oxygen atoms in total. The van der Waals surface area contributed by atoms with Crippen LogP contribution in [0.3, 0.4) is 0 Å². The van der Waals surface area contributed by atoms with Crippen LogP contribution < -0.4 is 0 Å². The largest absolute Gasteiger partial charge is 0.316 e. The lowest BCUT2D eigenvalue weighted by molar-refractivity contribution is -0.769. The first-order valence-electron chi connectivity index (χ1n) is 8.49. The third kappa shape index (κ3) is 7.41. The molecule has 0 N–H and O–H groups in total. The van der Waals surface area contributed by atoms with Gasteiger partial charge in [-0.1, -0.05) is 71.1 Å². The van der Waals surface area contributed by atoms with Gasteiger partial charge in [-0.3, -0.25) is 0 Å². The van der Waals surface area contributed by atoms with Crippen LogP contribution in [0, 0.1) is 0 Å². The average Bonchev–Trinajstić information content (AvgIpc) is 2.94. The first kappa shape index (κ1) is 16.0. The molecule has 1 aliphatic heterocycles. The second-order valence-corrected chi connectivity index (χ2v) is 6.94. The van der Waals surface area contributed by atoms with E-state index in [0.29, 0.717) is 0 Å². The molecule has 0 aromatic rings. The Hall–Kier alpha value is -0.0400. The zero-order chi connectivity index (χ0) is 13.3. The SMILES string of the molecule is CCCCCCCCCCCCCC1C[N+]1(C)C. The van der Waals surface area contributed by atoms with Crippen LogP contribution in [0.4, 0.5) is 0 Å². The van der Waals surface area contributed by atoms with Crippen molar-refractivity contribution in [1.29, 1.82) is 0 Å². The van der Waals surface area contributed by atoms with Crippen molar-refractivity contribution >= 4 is 0 Å². The highest BCUT2D eigenvalue weighted by Gasteiger charge is 2.45. The smallest absolute Gasteiger partial charge is 0.138 e. The van der Waals surface area contributed by atoms with Gasteiger partial charge in [-0.25, -0.2) is 0 Å². The fourth-order valence-electron chi connectivity index (χ4n) is 2.98. The van der Waals surface area contributed by atoms with Gasteiger partial charge in [0.25, 0.3) is 0 Å². The summed E-state index contributed by atoms with van der Waals surface area (Å²) >= 11 is 0. The number of hydrogen-bond donors (Lipinski definition) is 0. The highest BCUT2D eigenvalue weighted by atomic mass is 15.5. The van der Waals surface area contributed by atoms with Gasteiger partial charge in [-0.2, -0.15) is 0 Å². The van der Waals surface area contributed by atoms with E-state index in [1.165, 1.54) is 88.1 Å². The second kappa shape index (κ2) is 8.96. The lowest BCUT2D eigenvalue weighted by Crippen LogP contribution is -2.15. The van der Waals surface area contributed by atoms with Crippen LogP contribution in [-0.2, 0) is 0 Å². The van der Waals surface area contributed by atoms with E-state index in [2.05, 4.69) is 21.0 Å². The van der Waals surface area contributed by atoms with E-state index in [9.17, 15) is 0 Å². The predicted molar refractivity (Wildman–Crippen MR) is 81.8 cm³/mol. The molecule has 1 saturated heterocycles. The molecule has 1 aliphatic rings. The van der Waals surface area contributed by atoms with E-state index in [4.69, 9.17) is 0 Å². The molecule has 0 aromatic carbocycles. The molecule has 18 heavy (non-hydrogen) atoms. The third-order valence-corrected chi connectivity index (χ3v) is 4.68. The summed E-state index contributed by atoms with van der Waals surface area (Å²) in [7, 11) is 4.73. The third-order valence-electron chi connectivity index (χ3n) is 4.68. The van der Waals surface area contributed by atoms with Crippen LogP contribution in [-0.4, -0.2) is 31.2 Å². The Morgan fingerprint density at radius 3 is 1.50 bits per heavy atom. The maximum atomic E-state index is 2.36. The number of likely N-dealkylation sites (N-methyl/N-ethyl adjacent to an activating group) is 1. The van der Waals surface area contributed by atoms with Crippen molar-refractivity contribution in [2.45, 2.75) is 90.0 Å². The predicted octanol–water partition coefficient (Wildman–Crippen LogP) is 5.15. The number of nitrogens with zero attached hydrogens (tertiary/aromatic N) is 1. The first-order chi connectivity index (χ1) is 8.67. The molecule has 0 spiro atoms. The van der Waals surface area contributed by atoms with Crippen LogP contribution in [0.5, 0.6) is 0 Å². The van der Waals surface area contributed by atoms with Crippen LogP contribution in [0.15, 0.2) is 0 Å². The molecule has 1 rings (SSSR count). The van der Waals surface area contributed by atoms with Crippen LogP contribution in [0.25, 0.3) is 0 Å². The van der Waals surface area contributed by atoms with Gasteiger partial charge in [-0.15, -0.1) is 0 Å². The minimum absolute atomic E-state index is 1.00. The van der Waals surface area contributed by atoms with Gasteiger partial charge >= 0.3 is 0 Å². The van der Waals surface area contributed by atoms with Gasteiger partial charge in [0.05, 0.1) is 14.1 Å². The Morgan fingerprint density at radius 1 is 0.722 bits per heavy atom. The van der Waals surface area contributed by atoms with Crippen molar-refractivity contribution in [3.05, 3.63) is 0 Å². The Morgan fingerprint density at radius 2 is 1.11 bits per heavy atom. The fraction of sp³-hybridized carbons (Fsp3) is 1.00. The number of unbranched alkanes of at least 4 members (excludes halogenated alkanes) is 10. The Bertz CT molecular complexity index is 198. The molecule has 0 bridgehead atoms. The first-order valence-corrected chi connectivity index (χ1v) is 8.49. The fourth-order valence-corrected chi connectivity index (χ4v) is 2.98. The Labute approximate surface area is 116 Å². The number of hydrogen-bond acceptors (Lipinski definition) is 0. The molecule has 1 fully saturated rings. The Kier molecular flexibility index (Phi) is 7.97. The summed E-state index contributed by atoms with van der Waals surface area (Å²) in [5.74, 6) is 0. The monoisotopic (exact) mass is 254 g/mol. The van der Waals surface area contributed by atoms with Gasteiger partial charge in [0, 0.05) is 6.42 Å². The summed E-state index contributed by atoms with van der Waals surface area (Å²) in [6, 6.07) is 1.00. The quantitative estimate of drug-likeness (QED) is 0.257. The Balaban J connectivity index is 1.69. The molecule has 0 aromatic heterocycles. The summed E-state index contributed by atoms with van der Waals surface area (Å²) in [6.07, 6.45) is 17.6. The average molecular weight is 254 g/mol. The summed E-state index contributed by atoms with van der Waals surface area (Å²) < 4.78 is 1.29. The van der Waals surface area contributed by atoms with E-state index in [1.807, 2.05) is 0 Å². The van der Waals surface area contributed by atoms with Crippen LogP contribution in [0.1, 0.15) is 84.0 Å². The topological polar surface area (TPSA) is 0 Å². The lowest BCUT2D eigenvalue weighted by Gasteiger charge is -2.05. The standard InChI is InChI=1S/C17H36N/c1-4-5-6-7-8-9-10-11-12-13-14-15-17-16-18(17,2)3/h17H,4-16H2,1-3H3/q+1. The maximum Gasteiger partial charge on any atom is 0.138 e. The molecular formula is C17H36N+. The van der Waals surface area contributed by atoms with E-state index in [0.717, 1.165) is 6.04 Å². The van der Waals surface area contributed by atoms with Gasteiger partial charge < -0.3 is 4.48 Å². The van der Waals surface area contributed by atoms with Gasteiger partial charge in [0.1, 0.15) is 12.6 Å². The van der Waals surface area contributed by atoms with Crippen molar-refractivity contribution < 1.29 is 4.48 Å². The zero-order valence-corrected chi connectivity index (χ0v) is 13.2. The molecule has 0 aliphatic carbocycles. The maximum absolute atomic E-state index is 2.36. The summed E-state index contributed by atoms with van der Waals surface area (Å²) in [4.78, 5) is 0. The molecule has 1 heteroatoms. The summed E-state index contributed by atoms with van der Waals surface area (Å²) in [5.41, 5.74) is 0. The van der Waals surface area contributed by atoms with E-state index in [-0.39, 0.29) is 0 Å².